The zero-order valence-electron chi connectivity index (χ0n) is 13.3. The first-order chi connectivity index (χ1) is 11.7. The predicted octanol–water partition coefficient (Wildman–Crippen LogP) is 4.11. The van der Waals surface area contributed by atoms with Gasteiger partial charge in [0.2, 0.25) is 0 Å². The Balaban J connectivity index is 1.62. The lowest BCUT2D eigenvalue weighted by Gasteiger charge is -2.05. The summed E-state index contributed by atoms with van der Waals surface area (Å²) in [5, 5.41) is 7.72. The SMILES string of the molecule is Cc1cc(/C=N/NC(=S)Nc2ccccc2)cn1-c1ccccc1. The Bertz CT molecular complexity index is 838. The molecule has 4 nitrogen and oxygen atoms in total. The van der Waals surface area contributed by atoms with Crippen molar-refractivity contribution in [1.82, 2.24) is 9.99 Å². The van der Waals surface area contributed by atoms with Gasteiger partial charge in [0.05, 0.1) is 6.21 Å². The van der Waals surface area contributed by atoms with Crippen LogP contribution in [-0.2, 0) is 0 Å². The Kier molecular flexibility index (Phi) is 5.03. The molecule has 0 saturated carbocycles. The molecule has 0 amide bonds. The monoisotopic (exact) mass is 334 g/mol. The fourth-order valence-corrected chi connectivity index (χ4v) is 2.55. The van der Waals surface area contributed by atoms with Gasteiger partial charge in [-0.1, -0.05) is 36.4 Å². The van der Waals surface area contributed by atoms with Crippen molar-refractivity contribution in [2.24, 2.45) is 5.10 Å². The van der Waals surface area contributed by atoms with E-state index in [-0.39, 0.29) is 0 Å². The van der Waals surface area contributed by atoms with Crippen molar-refractivity contribution in [1.29, 1.82) is 0 Å². The van der Waals surface area contributed by atoms with Crippen LogP contribution >= 0.6 is 12.2 Å². The summed E-state index contributed by atoms with van der Waals surface area (Å²) >= 11 is 5.22. The predicted molar refractivity (Wildman–Crippen MR) is 104 cm³/mol. The van der Waals surface area contributed by atoms with Gasteiger partial charge < -0.3 is 9.88 Å². The topological polar surface area (TPSA) is 41.4 Å². The van der Waals surface area contributed by atoms with E-state index in [9.17, 15) is 0 Å². The molecular formula is C19H18N4S. The van der Waals surface area contributed by atoms with E-state index in [0.717, 1.165) is 22.6 Å². The number of thiocarbonyl (C=S) groups is 1. The van der Waals surface area contributed by atoms with Crippen LogP contribution in [0.3, 0.4) is 0 Å². The van der Waals surface area contributed by atoms with E-state index in [1.54, 1.807) is 6.21 Å². The van der Waals surface area contributed by atoms with Gasteiger partial charge in [-0.05, 0) is 49.5 Å². The Hall–Kier alpha value is -2.92. The minimum atomic E-state index is 0.455. The van der Waals surface area contributed by atoms with Gasteiger partial charge in [-0.25, -0.2) is 0 Å². The molecule has 1 heterocycles. The number of hydrogen-bond acceptors (Lipinski definition) is 2. The normalized spacial score (nSPS) is 10.7. The van der Waals surface area contributed by atoms with Gasteiger partial charge >= 0.3 is 0 Å². The molecule has 3 aromatic rings. The third kappa shape index (κ3) is 4.08. The average molecular weight is 334 g/mol. The first kappa shape index (κ1) is 16.0. The maximum atomic E-state index is 5.22. The number of hydrazone groups is 1. The lowest BCUT2D eigenvalue weighted by atomic mass is 10.3. The second-order valence-electron chi connectivity index (χ2n) is 5.31. The molecule has 0 radical (unpaired) electrons. The highest BCUT2D eigenvalue weighted by Crippen LogP contribution is 2.13. The van der Waals surface area contributed by atoms with Gasteiger partial charge in [-0.15, -0.1) is 0 Å². The lowest BCUT2D eigenvalue weighted by molar-refractivity contribution is 1.01. The number of aryl methyl sites for hydroxylation is 1. The van der Waals surface area contributed by atoms with Gasteiger partial charge in [-0.3, -0.25) is 5.43 Å². The van der Waals surface area contributed by atoms with Crippen LogP contribution in [0, 0.1) is 6.92 Å². The Labute approximate surface area is 146 Å². The highest BCUT2D eigenvalue weighted by molar-refractivity contribution is 7.80. The molecule has 2 N–H and O–H groups in total. The molecule has 2 aromatic carbocycles. The fraction of sp³-hybridized carbons (Fsp3) is 0.0526. The smallest absolute Gasteiger partial charge is 0.191 e. The van der Waals surface area contributed by atoms with Gasteiger partial charge in [-0.2, -0.15) is 5.10 Å². The molecular weight excluding hydrogens is 316 g/mol. The maximum absolute atomic E-state index is 5.22. The highest BCUT2D eigenvalue weighted by Gasteiger charge is 2.02. The molecule has 0 aliphatic rings. The molecule has 0 aliphatic carbocycles. The Morgan fingerprint density at radius 1 is 1.04 bits per heavy atom. The summed E-state index contributed by atoms with van der Waals surface area (Å²) in [6.45, 7) is 2.07. The van der Waals surface area contributed by atoms with E-state index in [2.05, 4.69) is 45.5 Å². The molecule has 5 heteroatoms. The number of benzene rings is 2. The van der Waals surface area contributed by atoms with Crippen molar-refractivity contribution in [3.8, 4) is 5.69 Å². The second kappa shape index (κ2) is 7.57. The van der Waals surface area contributed by atoms with Crippen LogP contribution in [0.4, 0.5) is 5.69 Å². The number of aromatic nitrogens is 1. The van der Waals surface area contributed by atoms with Gasteiger partial charge in [0.15, 0.2) is 5.11 Å². The van der Waals surface area contributed by atoms with E-state index >= 15 is 0 Å². The summed E-state index contributed by atoms with van der Waals surface area (Å²) in [4.78, 5) is 0. The summed E-state index contributed by atoms with van der Waals surface area (Å²) in [5.41, 5.74) is 7.04. The first-order valence-corrected chi connectivity index (χ1v) is 8.03. The standard InChI is InChI=1S/C19H18N4S/c1-15-12-16(14-23(15)18-10-6-3-7-11-18)13-20-22-19(24)21-17-8-4-2-5-9-17/h2-14H,1H3,(H2,21,22,24)/b20-13+. The molecule has 0 atom stereocenters. The van der Waals surface area contributed by atoms with Crippen molar-refractivity contribution in [3.05, 3.63) is 84.2 Å². The van der Waals surface area contributed by atoms with Crippen LogP contribution in [0.5, 0.6) is 0 Å². The summed E-state index contributed by atoms with van der Waals surface area (Å²) in [7, 11) is 0. The zero-order chi connectivity index (χ0) is 16.8. The molecule has 0 spiro atoms. The first-order valence-electron chi connectivity index (χ1n) is 7.62. The molecule has 1 aromatic heterocycles. The Morgan fingerprint density at radius 3 is 2.42 bits per heavy atom. The third-order valence-corrected chi connectivity index (χ3v) is 3.67. The molecule has 0 aliphatic heterocycles. The minimum Gasteiger partial charge on any atom is -0.331 e. The van der Waals surface area contributed by atoms with E-state index in [0.29, 0.717) is 5.11 Å². The largest absolute Gasteiger partial charge is 0.331 e. The van der Waals surface area contributed by atoms with E-state index in [4.69, 9.17) is 12.2 Å². The van der Waals surface area contributed by atoms with E-state index in [1.807, 2.05) is 54.7 Å². The average Bonchev–Trinajstić information content (AvgIpc) is 2.97. The second-order valence-corrected chi connectivity index (χ2v) is 5.72. The molecule has 3 rings (SSSR count). The van der Waals surface area contributed by atoms with Crippen LogP contribution in [0.25, 0.3) is 5.69 Å². The van der Waals surface area contributed by atoms with Crippen LogP contribution in [0.2, 0.25) is 0 Å². The molecule has 0 saturated heterocycles. The molecule has 0 unspecified atom stereocenters. The molecule has 0 fully saturated rings. The minimum absolute atomic E-state index is 0.455. The number of rotatable bonds is 4. The number of nitrogens with zero attached hydrogens (tertiary/aromatic N) is 2. The summed E-state index contributed by atoms with van der Waals surface area (Å²) in [6.07, 6.45) is 3.80. The lowest BCUT2D eigenvalue weighted by Crippen LogP contribution is -2.23. The zero-order valence-corrected chi connectivity index (χ0v) is 14.1. The molecule has 120 valence electrons. The van der Waals surface area contributed by atoms with Crippen molar-refractivity contribution in [2.75, 3.05) is 5.32 Å². The van der Waals surface area contributed by atoms with Gasteiger partial charge in [0.25, 0.3) is 0 Å². The number of nitrogens with one attached hydrogen (secondary N) is 2. The summed E-state index contributed by atoms with van der Waals surface area (Å²) in [5.74, 6) is 0. The van der Waals surface area contributed by atoms with Crippen LogP contribution in [-0.4, -0.2) is 15.9 Å². The quantitative estimate of drug-likeness (QED) is 0.429. The van der Waals surface area contributed by atoms with Crippen molar-refractivity contribution in [2.45, 2.75) is 6.92 Å². The van der Waals surface area contributed by atoms with Crippen molar-refractivity contribution >= 4 is 29.2 Å². The number of hydrogen-bond donors (Lipinski definition) is 2. The third-order valence-electron chi connectivity index (χ3n) is 3.48. The van der Waals surface area contributed by atoms with Crippen molar-refractivity contribution < 1.29 is 0 Å². The summed E-state index contributed by atoms with van der Waals surface area (Å²) < 4.78 is 2.13. The molecule has 0 bridgehead atoms. The van der Waals surface area contributed by atoms with Crippen LogP contribution in [0.1, 0.15) is 11.3 Å². The highest BCUT2D eigenvalue weighted by atomic mass is 32.1. The van der Waals surface area contributed by atoms with Crippen molar-refractivity contribution in [3.63, 3.8) is 0 Å². The van der Waals surface area contributed by atoms with Gasteiger partial charge in [0, 0.05) is 28.8 Å². The fourth-order valence-electron chi connectivity index (χ4n) is 2.38. The Morgan fingerprint density at radius 2 is 1.71 bits per heavy atom. The van der Waals surface area contributed by atoms with E-state index in [1.165, 1.54) is 0 Å². The van der Waals surface area contributed by atoms with E-state index < -0.39 is 0 Å². The number of para-hydroxylation sites is 2. The van der Waals surface area contributed by atoms with Crippen LogP contribution in [0.15, 0.2) is 78.0 Å². The maximum Gasteiger partial charge on any atom is 0.191 e. The van der Waals surface area contributed by atoms with Crippen LogP contribution < -0.4 is 10.7 Å². The molecule has 24 heavy (non-hydrogen) atoms. The number of anilines is 1. The summed E-state index contributed by atoms with van der Waals surface area (Å²) in [6, 6.07) is 22.0. The van der Waals surface area contributed by atoms with Gasteiger partial charge in [0.1, 0.15) is 0 Å².